The third-order valence-corrected chi connectivity index (χ3v) is 4.72. The number of carbonyl (C=O) groups excluding carboxylic acids is 1. The summed E-state index contributed by atoms with van der Waals surface area (Å²) in [4.78, 5) is 29.7. The van der Waals surface area contributed by atoms with Gasteiger partial charge in [-0.25, -0.2) is 4.98 Å². The van der Waals surface area contributed by atoms with Gasteiger partial charge >= 0.3 is 5.97 Å². The average Bonchev–Trinajstić information content (AvgIpc) is 3.11. The normalized spacial score (nSPS) is 12.2. The van der Waals surface area contributed by atoms with E-state index in [1.54, 1.807) is 12.3 Å². The van der Waals surface area contributed by atoms with Crippen LogP contribution in [0.15, 0.2) is 17.6 Å². The Kier molecular flexibility index (Phi) is 5.20. The molecule has 1 amide bonds. The van der Waals surface area contributed by atoms with E-state index in [9.17, 15) is 9.59 Å². The lowest BCUT2D eigenvalue weighted by atomic mass is 10.1. The molecule has 0 fully saturated rings. The van der Waals surface area contributed by atoms with Crippen LogP contribution in [0.2, 0.25) is 0 Å². The van der Waals surface area contributed by atoms with Crippen LogP contribution < -0.4 is 0 Å². The number of amides is 1. The monoisotopic (exact) mass is 335 g/mol. The van der Waals surface area contributed by atoms with Gasteiger partial charge in [0.25, 0.3) is 5.91 Å². The standard InChI is InChI=1S/C16H21N3O3S/c1-5-10(2)18(9-14(20)21)15(22)13-8-11(3)19(12(13)4)16-17-6-7-23-16/h6-8,10H,5,9H2,1-4H3,(H,20,21). The highest BCUT2D eigenvalue weighted by Gasteiger charge is 2.26. The van der Waals surface area contributed by atoms with E-state index in [1.165, 1.54) is 16.2 Å². The second-order valence-corrected chi connectivity index (χ2v) is 6.39. The lowest BCUT2D eigenvalue weighted by molar-refractivity contribution is -0.138. The van der Waals surface area contributed by atoms with Crippen molar-refractivity contribution in [1.29, 1.82) is 0 Å². The van der Waals surface area contributed by atoms with Crippen molar-refractivity contribution < 1.29 is 14.7 Å². The second kappa shape index (κ2) is 6.95. The van der Waals surface area contributed by atoms with Crippen LogP contribution in [0.3, 0.4) is 0 Å². The quantitative estimate of drug-likeness (QED) is 0.881. The van der Waals surface area contributed by atoms with Gasteiger partial charge < -0.3 is 10.0 Å². The van der Waals surface area contributed by atoms with Crippen molar-refractivity contribution in [1.82, 2.24) is 14.5 Å². The van der Waals surface area contributed by atoms with Gasteiger partial charge in [-0.1, -0.05) is 6.92 Å². The fourth-order valence-corrected chi connectivity index (χ4v) is 3.30. The van der Waals surface area contributed by atoms with Gasteiger partial charge in [0.05, 0.1) is 5.56 Å². The summed E-state index contributed by atoms with van der Waals surface area (Å²) in [6.45, 7) is 7.27. The molecule has 0 saturated heterocycles. The molecule has 0 bridgehead atoms. The molecule has 0 saturated carbocycles. The number of carboxylic acids is 1. The first-order valence-corrected chi connectivity index (χ1v) is 8.36. The largest absolute Gasteiger partial charge is 0.480 e. The molecule has 6 nitrogen and oxygen atoms in total. The van der Waals surface area contributed by atoms with Gasteiger partial charge in [0.2, 0.25) is 0 Å². The molecule has 0 aliphatic rings. The van der Waals surface area contributed by atoms with Gasteiger partial charge in [0.1, 0.15) is 6.54 Å². The molecule has 124 valence electrons. The van der Waals surface area contributed by atoms with Crippen LogP contribution >= 0.6 is 11.3 Å². The molecule has 2 heterocycles. The van der Waals surface area contributed by atoms with E-state index in [0.29, 0.717) is 12.0 Å². The summed E-state index contributed by atoms with van der Waals surface area (Å²) in [5.41, 5.74) is 2.21. The Hall–Kier alpha value is -2.15. The Labute approximate surface area is 139 Å². The first-order chi connectivity index (χ1) is 10.9. The molecule has 0 radical (unpaired) electrons. The van der Waals surface area contributed by atoms with Crippen LogP contribution in [0.4, 0.5) is 0 Å². The van der Waals surface area contributed by atoms with Crippen molar-refractivity contribution in [3.8, 4) is 5.13 Å². The number of carbonyl (C=O) groups is 2. The van der Waals surface area contributed by atoms with Gasteiger partial charge in [0.15, 0.2) is 5.13 Å². The third kappa shape index (κ3) is 3.44. The van der Waals surface area contributed by atoms with Gasteiger partial charge in [-0.15, -0.1) is 11.3 Å². The number of aliphatic carboxylic acids is 1. The topological polar surface area (TPSA) is 75.4 Å². The first kappa shape index (κ1) is 17.2. The number of thiazole rings is 1. The maximum absolute atomic E-state index is 12.9. The number of hydrogen-bond donors (Lipinski definition) is 1. The first-order valence-electron chi connectivity index (χ1n) is 7.48. The molecular formula is C16H21N3O3S. The van der Waals surface area contributed by atoms with Crippen molar-refractivity contribution in [3.05, 3.63) is 34.6 Å². The molecule has 0 aromatic carbocycles. The van der Waals surface area contributed by atoms with Gasteiger partial charge in [-0.05, 0) is 33.3 Å². The van der Waals surface area contributed by atoms with Crippen molar-refractivity contribution in [3.63, 3.8) is 0 Å². The van der Waals surface area contributed by atoms with Crippen LogP contribution in [0.5, 0.6) is 0 Å². The third-order valence-electron chi connectivity index (χ3n) is 3.96. The molecule has 7 heteroatoms. The van der Waals surface area contributed by atoms with E-state index in [1.807, 2.05) is 37.6 Å². The summed E-state index contributed by atoms with van der Waals surface area (Å²) in [6.07, 6.45) is 2.42. The van der Waals surface area contributed by atoms with Crippen LogP contribution in [-0.2, 0) is 4.79 Å². The zero-order valence-corrected chi connectivity index (χ0v) is 14.6. The molecule has 1 N–H and O–H groups in total. The number of rotatable bonds is 6. The lowest BCUT2D eigenvalue weighted by Crippen LogP contribution is -2.42. The van der Waals surface area contributed by atoms with Crippen molar-refractivity contribution in [2.75, 3.05) is 6.54 Å². The summed E-state index contributed by atoms with van der Waals surface area (Å²) in [5, 5.41) is 11.8. The highest BCUT2D eigenvalue weighted by atomic mass is 32.1. The van der Waals surface area contributed by atoms with E-state index in [4.69, 9.17) is 5.11 Å². The van der Waals surface area contributed by atoms with E-state index in [-0.39, 0.29) is 18.5 Å². The average molecular weight is 335 g/mol. The second-order valence-electron chi connectivity index (χ2n) is 5.52. The summed E-state index contributed by atoms with van der Waals surface area (Å²) in [7, 11) is 0. The molecule has 2 rings (SSSR count). The van der Waals surface area contributed by atoms with Gasteiger partial charge in [-0.2, -0.15) is 0 Å². The van der Waals surface area contributed by atoms with Crippen LogP contribution in [-0.4, -0.2) is 44.0 Å². The molecular weight excluding hydrogens is 314 g/mol. The molecule has 2 aromatic heterocycles. The molecule has 0 aliphatic heterocycles. The highest BCUT2D eigenvalue weighted by Crippen LogP contribution is 2.24. The minimum atomic E-state index is -1.01. The zero-order valence-electron chi connectivity index (χ0n) is 13.7. The fourth-order valence-electron chi connectivity index (χ4n) is 2.55. The number of hydrogen-bond acceptors (Lipinski definition) is 4. The number of nitrogens with zero attached hydrogens (tertiary/aromatic N) is 3. The Bertz CT molecular complexity index is 706. The fraction of sp³-hybridized carbons (Fsp3) is 0.438. The summed E-state index contributed by atoms with van der Waals surface area (Å²) >= 11 is 1.49. The van der Waals surface area contributed by atoms with Crippen LogP contribution in [0.25, 0.3) is 5.13 Å². The van der Waals surface area contributed by atoms with Crippen LogP contribution in [0.1, 0.15) is 42.0 Å². The maximum atomic E-state index is 12.9. The van der Waals surface area contributed by atoms with E-state index >= 15 is 0 Å². The predicted molar refractivity (Wildman–Crippen MR) is 89.3 cm³/mol. The Morgan fingerprint density at radius 3 is 2.65 bits per heavy atom. The van der Waals surface area contributed by atoms with Crippen LogP contribution in [0, 0.1) is 13.8 Å². The van der Waals surface area contributed by atoms with Crippen molar-refractivity contribution in [2.45, 2.75) is 40.2 Å². The zero-order chi connectivity index (χ0) is 17.1. The smallest absolute Gasteiger partial charge is 0.323 e. The van der Waals surface area contributed by atoms with Crippen molar-refractivity contribution >= 4 is 23.2 Å². The summed E-state index contributed by atoms with van der Waals surface area (Å²) in [5.74, 6) is -1.26. The number of carboxylic acid groups (broad SMARTS) is 1. The minimum Gasteiger partial charge on any atom is -0.480 e. The Balaban J connectivity index is 2.42. The Morgan fingerprint density at radius 1 is 1.43 bits per heavy atom. The minimum absolute atomic E-state index is 0.137. The molecule has 2 aromatic rings. The maximum Gasteiger partial charge on any atom is 0.323 e. The lowest BCUT2D eigenvalue weighted by Gasteiger charge is -2.27. The SMILES string of the molecule is CCC(C)N(CC(=O)O)C(=O)c1cc(C)n(-c2nccs2)c1C. The Morgan fingerprint density at radius 2 is 2.13 bits per heavy atom. The number of aryl methyl sites for hydroxylation is 1. The summed E-state index contributed by atoms with van der Waals surface area (Å²) in [6, 6.07) is 1.66. The molecule has 0 spiro atoms. The number of aromatic nitrogens is 2. The van der Waals surface area contributed by atoms with E-state index in [0.717, 1.165) is 16.5 Å². The van der Waals surface area contributed by atoms with Gasteiger partial charge in [0, 0.05) is 29.0 Å². The summed E-state index contributed by atoms with van der Waals surface area (Å²) < 4.78 is 1.92. The van der Waals surface area contributed by atoms with Crippen molar-refractivity contribution in [2.24, 2.45) is 0 Å². The van der Waals surface area contributed by atoms with E-state index < -0.39 is 5.97 Å². The molecule has 23 heavy (non-hydrogen) atoms. The molecule has 1 atom stereocenters. The molecule has 0 aliphatic carbocycles. The highest BCUT2D eigenvalue weighted by molar-refractivity contribution is 7.12. The molecule has 1 unspecified atom stereocenters. The van der Waals surface area contributed by atoms with E-state index in [2.05, 4.69) is 4.98 Å². The van der Waals surface area contributed by atoms with Gasteiger partial charge in [-0.3, -0.25) is 14.2 Å². The predicted octanol–water partition coefficient (Wildman–Crippen LogP) is 2.88.